The fraction of sp³-hybridized carbons (Fsp3) is 0.417. The molecular weight excluding hydrogens is 252 g/mol. The van der Waals surface area contributed by atoms with Crippen molar-refractivity contribution in [3.05, 3.63) is 33.8 Å². The van der Waals surface area contributed by atoms with E-state index in [2.05, 4.69) is 22.0 Å². The minimum Gasteiger partial charge on any atom is -0.325 e. The van der Waals surface area contributed by atoms with Crippen LogP contribution in [0.15, 0.2) is 22.7 Å². The Morgan fingerprint density at radius 3 is 2.80 bits per heavy atom. The number of rotatable bonds is 3. The summed E-state index contributed by atoms with van der Waals surface area (Å²) < 4.78 is 1.07. The lowest BCUT2D eigenvalue weighted by Crippen LogP contribution is -2.22. The van der Waals surface area contributed by atoms with Crippen molar-refractivity contribution in [1.82, 2.24) is 0 Å². The molecule has 1 aliphatic carbocycles. The van der Waals surface area contributed by atoms with Gasteiger partial charge in [-0.3, -0.25) is 0 Å². The minimum atomic E-state index is 0.0854. The number of nitrogens with zero attached hydrogens (tertiary/aromatic N) is 1. The Morgan fingerprint density at radius 1 is 1.47 bits per heavy atom. The van der Waals surface area contributed by atoms with Crippen LogP contribution in [0.2, 0.25) is 0 Å². The monoisotopic (exact) mass is 264 g/mol. The molecule has 2 nitrogen and oxygen atoms in total. The number of nitriles is 1. The smallest absolute Gasteiger partial charge is 0.0991 e. The zero-order valence-corrected chi connectivity index (χ0v) is 10.0. The molecule has 0 bridgehead atoms. The number of halogens is 1. The first-order chi connectivity index (χ1) is 7.13. The molecule has 1 aliphatic rings. The summed E-state index contributed by atoms with van der Waals surface area (Å²) in [6.45, 7) is 0. The molecule has 78 valence electrons. The van der Waals surface area contributed by atoms with Gasteiger partial charge in [-0.15, -0.1) is 0 Å². The van der Waals surface area contributed by atoms with E-state index in [-0.39, 0.29) is 5.54 Å². The normalized spacial score (nSPS) is 17.1. The largest absolute Gasteiger partial charge is 0.325 e. The van der Waals surface area contributed by atoms with Crippen molar-refractivity contribution in [3.8, 4) is 6.07 Å². The van der Waals surface area contributed by atoms with Gasteiger partial charge in [0, 0.05) is 10.0 Å². The number of aryl methyl sites for hydroxylation is 1. The van der Waals surface area contributed by atoms with Crippen molar-refractivity contribution in [1.29, 1.82) is 5.26 Å². The molecule has 1 fully saturated rings. The van der Waals surface area contributed by atoms with Crippen LogP contribution in [0.1, 0.15) is 30.4 Å². The van der Waals surface area contributed by atoms with Crippen LogP contribution in [-0.4, -0.2) is 5.54 Å². The van der Waals surface area contributed by atoms with Gasteiger partial charge in [-0.2, -0.15) is 5.26 Å². The summed E-state index contributed by atoms with van der Waals surface area (Å²) in [6, 6.07) is 7.85. The fourth-order valence-corrected chi connectivity index (χ4v) is 2.07. The van der Waals surface area contributed by atoms with Crippen LogP contribution in [0.4, 0.5) is 0 Å². The molecule has 2 rings (SSSR count). The Hall–Kier alpha value is -0.850. The number of hydrogen-bond acceptors (Lipinski definition) is 2. The first-order valence-electron chi connectivity index (χ1n) is 5.10. The van der Waals surface area contributed by atoms with Gasteiger partial charge in [-0.05, 0) is 49.4 Å². The third-order valence-corrected chi connectivity index (χ3v) is 3.73. The zero-order valence-electron chi connectivity index (χ0n) is 8.46. The summed E-state index contributed by atoms with van der Waals surface area (Å²) in [7, 11) is 0. The van der Waals surface area contributed by atoms with E-state index < -0.39 is 0 Å². The second-order valence-corrected chi connectivity index (χ2v) is 5.13. The molecule has 0 radical (unpaired) electrons. The average Bonchev–Trinajstić information content (AvgIpc) is 2.96. The summed E-state index contributed by atoms with van der Waals surface area (Å²) >= 11 is 3.50. The minimum absolute atomic E-state index is 0.0854. The average molecular weight is 265 g/mol. The van der Waals surface area contributed by atoms with Crippen LogP contribution in [0, 0.1) is 11.3 Å². The Labute approximate surface area is 98.2 Å². The van der Waals surface area contributed by atoms with Crippen molar-refractivity contribution in [2.75, 3.05) is 0 Å². The van der Waals surface area contributed by atoms with Gasteiger partial charge in [0.25, 0.3) is 0 Å². The van der Waals surface area contributed by atoms with Gasteiger partial charge in [-0.1, -0.05) is 15.9 Å². The van der Waals surface area contributed by atoms with E-state index in [4.69, 9.17) is 11.0 Å². The maximum absolute atomic E-state index is 8.80. The van der Waals surface area contributed by atoms with E-state index >= 15 is 0 Å². The Kier molecular flexibility index (Phi) is 2.81. The van der Waals surface area contributed by atoms with E-state index in [0.717, 1.165) is 35.7 Å². The molecule has 0 aromatic heterocycles. The van der Waals surface area contributed by atoms with Gasteiger partial charge in [0.1, 0.15) is 0 Å². The van der Waals surface area contributed by atoms with Crippen LogP contribution in [0.25, 0.3) is 0 Å². The van der Waals surface area contributed by atoms with Crippen LogP contribution < -0.4 is 5.73 Å². The molecule has 0 unspecified atom stereocenters. The summed E-state index contributed by atoms with van der Waals surface area (Å²) in [5, 5.41) is 8.80. The van der Waals surface area contributed by atoms with Gasteiger partial charge in [0.05, 0.1) is 11.6 Å². The molecule has 0 saturated heterocycles. The summed E-state index contributed by atoms with van der Waals surface area (Å²) in [4.78, 5) is 0. The topological polar surface area (TPSA) is 49.8 Å². The van der Waals surface area contributed by atoms with Gasteiger partial charge in [0.15, 0.2) is 0 Å². The molecule has 2 N–H and O–H groups in total. The summed E-state index contributed by atoms with van der Waals surface area (Å²) in [6.07, 6.45) is 4.25. The quantitative estimate of drug-likeness (QED) is 0.913. The van der Waals surface area contributed by atoms with Crippen molar-refractivity contribution < 1.29 is 0 Å². The summed E-state index contributed by atoms with van der Waals surface area (Å²) in [5.41, 5.74) is 8.02. The molecule has 0 spiro atoms. The number of hydrogen-bond donors (Lipinski definition) is 1. The molecule has 1 aromatic rings. The van der Waals surface area contributed by atoms with Crippen LogP contribution >= 0.6 is 15.9 Å². The molecule has 3 heteroatoms. The third-order valence-electron chi connectivity index (χ3n) is 2.96. The maximum atomic E-state index is 8.80. The Bertz CT molecular complexity index is 416. The molecule has 1 aromatic carbocycles. The van der Waals surface area contributed by atoms with Crippen molar-refractivity contribution in [3.63, 3.8) is 0 Å². The van der Waals surface area contributed by atoms with Crippen LogP contribution in [-0.2, 0) is 6.42 Å². The highest BCUT2D eigenvalue weighted by atomic mass is 79.9. The molecule has 0 atom stereocenters. The Morgan fingerprint density at radius 2 is 2.20 bits per heavy atom. The van der Waals surface area contributed by atoms with E-state index in [1.165, 1.54) is 5.56 Å². The lowest BCUT2D eigenvalue weighted by molar-refractivity contribution is 0.608. The van der Waals surface area contributed by atoms with E-state index in [9.17, 15) is 0 Å². The van der Waals surface area contributed by atoms with Crippen molar-refractivity contribution >= 4 is 15.9 Å². The second kappa shape index (κ2) is 3.96. The zero-order chi connectivity index (χ0) is 10.9. The highest BCUT2D eigenvalue weighted by molar-refractivity contribution is 9.10. The maximum Gasteiger partial charge on any atom is 0.0991 e. The summed E-state index contributed by atoms with van der Waals surface area (Å²) in [5.74, 6) is 0. The Balaban J connectivity index is 2.09. The number of benzene rings is 1. The molecule has 15 heavy (non-hydrogen) atoms. The molecule has 0 aliphatic heterocycles. The van der Waals surface area contributed by atoms with Gasteiger partial charge in [-0.25, -0.2) is 0 Å². The molecule has 0 amide bonds. The van der Waals surface area contributed by atoms with Crippen LogP contribution in [0.3, 0.4) is 0 Å². The molecular formula is C12H13BrN2. The molecule has 1 saturated carbocycles. The predicted octanol–water partition coefficient (Wildman–Crippen LogP) is 2.74. The van der Waals surface area contributed by atoms with E-state index in [1.54, 1.807) is 0 Å². The SMILES string of the molecule is N#Cc1ccc(Br)c(CCC2(N)CC2)c1. The van der Waals surface area contributed by atoms with Crippen molar-refractivity contribution in [2.24, 2.45) is 5.73 Å². The first kappa shape index (κ1) is 10.7. The van der Waals surface area contributed by atoms with E-state index in [0.29, 0.717) is 0 Å². The lowest BCUT2D eigenvalue weighted by Gasteiger charge is -2.09. The van der Waals surface area contributed by atoms with Crippen LogP contribution in [0.5, 0.6) is 0 Å². The standard InChI is InChI=1S/C12H13BrN2/c13-11-2-1-9(8-14)7-10(11)3-4-12(15)5-6-12/h1-2,7H,3-6,15H2. The van der Waals surface area contributed by atoms with Crippen molar-refractivity contribution in [2.45, 2.75) is 31.2 Å². The second-order valence-electron chi connectivity index (χ2n) is 4.28. The lowest BCUT2D eigenvalue weighted by atomic mass is 10.0. The highest BCUT2D eigenvalue weighted by Crippen LogP contribution is 2.37. The number of nitrogens with two attached hydrogens (primary N) is 1. The third kappa shape index (κ3) is 2.58. The van der Waals surface area contributed by atoms with E-state index in [1.807, 2.05) is 18.2 Å². The predicted molar refractivity (Wildman–Crippen MR) is 63.3 cm³/mol. The highest BCUT2D eigenvalue weighted by Gasteiger charge is 2.37. The van der Waals surface area contributed by atoms with Gasteiger partial charge in [0.2, 0.25) is 0 Å². The first-order valence-corrected chi connectivity index (χ1v) is 5.90. The molecule has 0 heterocycles. The fourth-order valence-electron chi connectivity index (χ4n) is 1.63. The van der Waals surface area contributed by atoms with Gasteiger partial charge >= 0.3 is 0 Å². The van der Waals surface area contributed by atoms with Gasteiger partial charge < -0.3 is 5.73 Å².